The van der Waals surface area contributed by atoms with Crippen LogP contribution in [0.15, 0.2) is 30.3 Å². The standard InChI is InChI=1S/C17H21N3O/c1-3-8-18-16-9-12(2)19-17(20-16)14-10-13-6-4-5-7-15(13)21-11-14/h4-7,9,14H,3,8,10-11H2,1-2H3,(H,18,19,20). The van der Waals surface area contributed by atoms with Crippen LogP contribution in [0.5, 0.6) is 5.75 Å². The number of para-hydroxylation sites is 1. The summed E-state index contributed by atoms with van der Waals surface area (Å²) in [5, 5.41) is 3.34. The third-order valence-electron chi connectivity index (χ3n) is 3.67. The Kier molecular flexibility index (Phi) is 4.04. The van der Waals surface area contributed by atoms with Gasteiger partial charge in [0.1, 0.15) is 17.4 Å². The molecular weight excluding hydrogens is 262 g/mol. The minimum atomic E-state index is 0.224. The number of hydrogen-bond acceptors (Lipinski definition) is 4. The summed E-state index contributed by atoms with van der Waals surface area (Å²) in [5.74, 6) is 3.01. The molecule has 0 spiro atoms. The summed E-state index contributed by atoms with van der Waals surface area (Å²) < 4.78 is 5.85. The average molecular weight is 283 g/mol. The molecule has 0 aliphatic carbocycles. The molecule has 2 heterocycles. The van der Waals surface area contributed by atoms with E-state index in [4.69, 9.17) is 4.74 Å². The fourth-order valence-corrected chi connectivity index (χ4v) is 2.61. The Balaban J connectivity index is 1.83. The molecule has 1 aliphatic heterocycles. The van der Waals surface area contributed by atoms with Crippen molar-refractivity contribution in [3.8, 4) is 5.75 Å². The van der Waals surface area contributed by atoms with Gasteiger partial charge in [-0.05, 0) is 31.4 Å². The second-order valence-electron chi connectivity index (χ2n) is 5.50. The fourth-order valence-electron chi connectivity index (χ4n) is 2.61. The smallest absolute Gasteiger partial charge is 0.137 e. The zero-order valence-electron chi connectivity index (χ0n) is 12.6. The second kappa shape index (κ2) is 6.12. The predicted molar refractivity (Wildman–Crippen MR) is 83.9 cm³/mol. The third kappa shape index (κ3) is 3.15. The van der Waals surface area contributed by atoms with Gasteiger partial charge in [0, 0.05) is 18.3 Å². The molecule has 4 nitrogen and oxygen atoms in total. The molecule has 4 heteroatoms. The van der Waals surface area contributed by atoms with Crippen molar-refractivity contribution in [3.05, 3.63) is 47.4 Å². The summed E-state index contributed by atoms with van der Waals surface area (Å²) >= 11 is 0. The normalized spacial score (nSPS) is 17.0. The van der Waals surface area contributed by atoms with Crippen molar-refractivity contribution in [2.75, 3.05) is 18.5 Å². The van der Waals surface area contributed by atoms with Crippen molar-refractivity contribution in [1.82, 2.24) is 9.97 Å². The maximum atomic E-state index is 5.85. The lowest BCUT2D eigenvalue weighted by atomic mass is 9.96. The van der Waals surface area contributed by atoms with E-state index in [1.54, 1.807) is 0 Å². The zero-order chi connectivity index (χ0) is 14.7. The van der Waals surface area contributed by atoms with Crippen LogP contribution in [-0.4, -0.2) is 23.1 Å². The summed E-state index contributed by atoms with van der Waals surface area (Å²) in [6.45, 7) is 5.74. The molecule has 1 atom stereocenters. The van der Waals surface area contributed by atoms with Crippen LogP contribution in [0.3, 0.4) is 0 Å². The van der Waals surface area contributed by atoms with E-state index in [9.17, 15) is 0 Å². The van der Waals surface area contributed by atoms with Gasteiger partial charge in [-0.25, -0.2) is 9.97 Å². The van der Waals surface area contributed by atoms with Gasteiger partial charge in [0.15, 0.2) is 0 Å². The highest BCUT2D eigenvalue weighted by molar-refractivity contribution is 5.39. The molecule has 0 fully saturated rings. The van der Waals surface area contributed by atoms with Crippen molar-refractivity contribution >= 4 is 5.82 Å². The van der Waals surface area contributed by atoms with Crippen LogP contribution < -0.4 is 10.1 Å². The van der Waals surface area contributed by atoms with E-state index in [1.807, 2.05) is 25.1 Å². The molecule has 21 heavy (non-hydrogen) atoms. The van der Waals surface area contributed by atoms with Crippen LogP contribution in [0.25, 0.3) is 0 Å². The summed E-state index contributed by atoms with van der Waals surface area (Å²) in [5.41, 5.74) is 2.24. The van der Waals surface area contributed by atoms with E-state index < -0.39 is 0 Å². The number of anilines is 1. The summed E-state index contributed by atoms with van der Waals surface area (Å²) in [6, 6.07) is 10.2. The largest absolute Gasteiger partial charge is 0.493 e. The molecule has 1 aliphatic rings. The lowest BCUT2D eigenvalue weighted by Gasteiger charge is -2.24. The van der Waals surface area contributed by atoms with Crippen molar-refractivity contribution in [3.63, 3.8) is 0 Å². The molecule has 1 aromatic carbocycles. The van der Waals surface area contributed by atoms with Gasteiger partial charge >= 0.3 is 0 Å². The van der Waals surface area contributed by atoms with E-state index in [-0.39, 0.29) is 5.92 Å². The maximum absolute atomic E-state index is 5.85. The first kappa shape index (κ1) is 13.9. The molecule has 0 radical (unpaired) electrons. The van der Waals surface area contributed by atoms with Crippen LogP contribution in [0.1, 0.15) is 36.3 Å². The molecule has 0 amide bonds. The Labute approximate surface area is 125 Å². The van der Waals surface area contributed by atoms with Gasteiger partial charge < -0.3 is 10.1 Å². The van der Waals surface area contributed by atoms with Gasteiger partial charge in [-0.2, -0.15) is 0 Å². The minimum absolute atomic E-state index is 0.224. The van der Waals surface area contributed by atoms with Gasteiger partial charge in [-0.3, -0.25) is 0 Å². The highest BCUT2D eigenvalue weighted by Gasteiger charge is 2.23. The lowest BCUT2D eigenvalue weighted by molar-refractivity contribution is 0.257. The van der Waals surface area contributed by atoms with E-state index >= 15 is 0 Å². The Morgan fingerprint density at radius 1 is 1.29 bits per heavy atom. The number of nitrogens with one attached hydrogen (secondary N) is 1. The van der Waals surface area contributed by atoms with E-state index in [2.05, 4.69) is 34.3 Å². The monoisotopic (exact) mass is 283 g/mol. The van der Waals surface area contributed by atoms with Gasteiger partial charge in [0.25, 0.3) is 0 Å². The van der Waals surface area contributed by atoms with Gasteiger partial charge in [0.2, 0.25) is 0 Å². The molecule has 0 bridgehead atoms. The first-order valence-electron chi connectivity index (χ1n) is 7.56. The average Bonchev–Trinajstić information content (AvgIpc) is 2.52. The van der Waals surface area contributed by atoms with Crippen molar-refractivity contribution in [2.24, 2.45) is 0 Å². The SMILES string of the molecule is CCCNc1cc(C)nc(C2COc3ccccc3C2)n1. The quantitative estimate of drug-likeness (QED) is 0.935. The Hall–Kier alpha value is -2.10. The Bertz CT molecular complexity index is 627. The predicted octanol–water partition coefficient (Wildman–Crippen LogP) is 3.33. The topological polar surface area (TPSA) is 47.0 Å². The number of rotatable bonds is 4. The number of ether oxygens (including phenoxy) is 1. The fraction of sp³-hybridized carbons (Fsp3) is 0.412. The second-order valence-corrected chi connectivity index (χ2v) is 5.50. The molecule has 3 rings (SSSR count). The molecule has 110 valence electrons. The molecular formula is C17H21N3O. The Morgan fingerprint density at radius 2 is 2.14 bits per heavy atom. The van der Waals surface area contributed by atoms with Crippen molar-refractivity contribution in [2.45, 2.75) is 32.6 Å². The van der Waals surface area contributed by atoms with Crippen molar-refractivity contribution in [1.29, 1.82) is 0 Å². The number of fused-ring (bicyclic) bond motifs is 1. The molecule has 0 saturated heterocycles. The highest BCUT2D eigenvalue weighted by Crippen LogP contribution is 2.31. The zero-order valence-corrected chi connectivity index (χ0v) is 12.6. The van der Waals surface area contributed by atoms with E-state index in [0.29, 0.717) is 6.61 Å². The van der Waals surface area contributed by atoms with E-state index in [1.165, 1.54) is 5.56 Å². The number of aromatic nitrogens is 2. The summed E-state index contributed by atoms with van der Waals surface area (Å²) in [7, 11) is 0. The van der Waals surface area contributed by atoms with E-state index in [0.717, 1.165) is 42.5 Å². The number of nitrogens with zero attached hydrogens (tertiary/aromatic N) is 2. The minimum Gasteiger partial charge on any atom is -0.493 e. The van der Waals surface area contributed by atoms with Crippen molar-refractivity contribution < 1.29 is 4.74 Å². The molecule has 1 aromatic heterocycles. The van der Waals surface area contributed by atoms with Crippen LogP contribution in [0.2, 0.25) is 0 Å². The maximum Gasteiger partial charge on any atom is 0.137 e. The first-order chi connectivity index (χ1) is 10.3. The molecule has 1 N–H and O–H groups in total. The highest BCUT2D eigenvalue weighted by atomic mass is 16.5. The van der Waals surface area contributed by atoms with Crippen LogP contribution in [0.4, 0.5) is 5.82 Å². The Morgan fingerprint density at radius 3 is 3.00 bits per heavy atom. The van der Waals surface area contributed by atoms with Gasteiger partial charge in [-0.1, -0.05) is 25.1 Å². The summed E-state index contributed by atoms with van der Waals surface area (Å²) in [4.78, 5) is 9.27. The summed E-state index contributed by atoms with van der Waals surface area (Å²) in [6.07, 6.45) is 2.02. The number of hydrogen-bond donors (Lipinski definition) is 1. The van der Waals surface area contributed by atoms with Crippen LogP contribution in [-0.2, 0) is 6.42 Å². The number of benzene rings is 1. The third-order valence-corrected chi connectivity index (χ3v) is 3.67. The van der Waals surface area contributed by atoms with Crippen LogP contribution >= 0.6 is 0 Å². The van der Waals surface area contributed by atoms with Gasteiger partial charge in [-0.15, -0.1) is 0 Å². The lowest BCUT2D eigenvalue weighted by Crippen LogP contribution is -2.22. The van der Waals surface area contributed by atoms with Gasteiger partial charge in [0.05, 0.1) is 12.5 Å². The molecule has 1 unspecified atom stereocenters. The first-order valence-corrected chi connectivity index (χ1v) is 7.56. The molecule has 0 saturated carbocycles. The number of aryl methyl sites for hydroxylation is 1. The van der Waals surface area contributed by atoms with Crippen LogP contribution in [0, 0.1) is 6.92 Å². The molecule has 2 aromatic rings.